The van der Waals surface area contributed by atoms with E-state index in [2.05, 4.69) is 10.6 Å². The highest BCUT2D eigenvalue weighted by atomic mass is 35.5. The number of nitrogens with zero attached hydrogens (tertiary/aromatic N) is 1. The predicted molar refractivity (Wildman–Crippen MR) is 89.1 cm³/mol. The van der Waals surface area contributed by atoms with E-state index in [9.17, 15) is 4.79 Å². The van der Waals surface area contributed by atoms with Crippen molar-refractivity contribution in [2.45, 2.75) is 12.8 Å². The van der Waals surface area contributed by atoms with Crippen LogP contribution in [0, 0.1) is 11.3 Å². The predicted octanol–water partition coefficient (Wildman–Crippen LogP) is 3.50. The summed E-state index contributed by atoms with van der Waals surface area (Å²) in [5, 5.41) is 13.9. The molecule has 0 heterocycles. The summed E-state index contributed by atoms with van der Waals surface area (Å²) in [4.78, 5) is 13.1. The average molecular weight is 352 g/mol. The van der Waals surface area contributed by atoms with Crippen molar-refractivity contribution >= 4 is 53.3 Å². The van der Waals surface area contributed by atoms with Crippen molar-refractivity contribution < 1.29 is 4.79 Å². The highest BCUT2D eigenvalue weighted by molar-refractivity contribution is 6.36. The summed E-state index contributed by atoms with van der Waals surface area (Å²) in [6, 6.07) is 4.68. The van der Waals surface area contributed by atoms with Crippen LogP contribution in [0.25, 0.3) is 0 Å². The van der Waals surface area contributed by atoms with Crippen LogP contribution in [0.4, 0.5) is 10.5 Å². The van der Waals surface area contributed by atoms with E-state index in [-0.39, 0.29) is 18.4 Å². The fourth-order valence-corrected chi connectivity index (χ4v) is 2.32. The quantitative estimate of drug-likeness (QED) is 0.576. The number of benzene rings is 1. The number of hydrogen-bond donors (Lipinski definition) is 3. The number of carbonyl (C=O) groups excluding carboxylic acids is 1. The Morgan fingerprint density at radius 1 is 1.43 bits per heavy atom. The Kier molecular flexibility index (Phi) is 6.58. The Hall–Kier alpha value is -1.17. The molecule has 3 N–H and O–H groups in total. The molecule has 0 aliphatic heterocycles. The van der Waals surface area contributed by atoms with Gasteiger partial charge in [-0.3, -0.25) is 10.7 Å². The first kappa shape index (κ1) is 17.9. The van der Waals surface area contributed by atoms with Gasteiger partial charge in [0, 0.05) is 18.6 Å². The molecular formula is C13H17Cl3N4O. The first-order valence-electron chi connectivity index (χ1n) is 6.31. The van der Waals surface area contributed by atoms with Crippen LogP contribution in [-0.2, 0) is 0 Å². The van der Waals surface area contributed by atoms with Gasteiger partial charge in [0.1, 0.15) is 0 Å². The maximum absolute atomic E-state index is 11.4. The van der Waals surface area contributed by atoms with Crippen LogP contribution in [0.15, 0.2) is 18.2 Å². The van der Waals surface area contributed by atoms with Gasteiger partial charge in [-0.15, -0.1) is 12.4 Å². The van der Waals surface area contributed by atoms with Crippen LogP contribution in [0.1, 0.15) is 12.8 Å². The smallest absolute Gasteiger partial charge is 0.321 e. The summed E-state index contributed by atoms with van der Waals surface area (Å²) in [6.07, 6.45) is 2.27. The van der Waals surface area contributed by atoms with Gasteiger partial charge in [-0.1, -0.05) is 23.2 Å². The van der Waals surface area contributed by atoms with Gasteiger partial charge in [-0.05, 0) is 37.0 Å². The number of halogens is 3. The molecule has 1 aliphatic carbocycles. The third-order valence-electron chi connectivity index (χ3n) is 3.07. The van der Waals surface area contributed by atoms with Gasteiger partial charge < -0.3 is 10.2 Å². The third-order valence-corrected chi connectivity index (χ3v) is 3.60. The highest BCUT2D eigenvalue weighted by Crippen LogP contribution is 2.34. The van der Waals surface area contributed by atoms with E-state index in [0.29, 0.717) is 28.2 Å². The number of anilines is 1. The number of urea groups is 1. The molecule has 8 heteroatoms. The number of guanidine groups is 1. The van der Waals surface area contributed by atoms with Crippen molar-refractivity contribution in [1.29, 1.82) is 5.41 Å². The molecule has 0 aromatic heterocycles. The highest BCUT2D eigenvalue weighted by Gasteiger charge is 2.28. The van der Waals surface area contributed by atoms with Crippen molar-refractivity contribution in [2.75, 3.05) is 18.5 Å². The van der Waals surface area contributed by atoms with Crippen molar-refractivity contribution in [3.05, 3.63) is 28.2 Å². The van der Waals surface area contributed by atoms with Gasteiger partial charge in [0.15, 0.2) is 0 Å². The fourth-order valence-electron chi connectivity index (χ4n) is 1.81. The van der Waals surface area contributed by atoms with E-state index < -0.39 is 6.03 Å². The minimum atomic E-state index is -0.430. The van der Waals surface area contributed by atoms with Crippen LogP contribution in [-0.4, -0.2) is 25.6 Å². The lowest BCUT2D eigenvalue weighted by Crippen LogP contribution is -2.47. The van der Waals surface area contributed by atoms with E-state index in [0.717, 1.165) is 12.8 Å². The standard InChI is InChI=1S/C13H16Cl2N4O.ClH/c1-17-13(20)18-12(16)19(7-8-2-3-8)11-5-4-9(14)6-10(11)15;/h4-6,8H,2-3,7H2,1H3,(H3,16,17,18,20);1H. The molecule has 2 rings (SSSR count). The van der Waals surface area contributed by atoms with Gasteiger partial charge >= 0.3 is 6.03 Å². The lowest BCUT2D eigenvalue weighted by atomic mass is 10.2. The second-order valence-electron chi connectivity index (χ2n) is 4.70. The zero-order chi connectivity index (χ0) is 14.7. The molecule has 0 spiro atoms. The van der Waals surface area contributed by atoms with Crippen LogP contribution < -0.4 is 15.5 Å². The Balaban J connectivity index is 0.00000220. The first-order valence-corrected chi connectivity index (χ1v) is 7.06. The molecule has 116 valence electrons. The Morgan fingerprint density at radius 3 is 2.62 bits per heavy atom. The van der Waals surface area contributed by atoms with E-state index in [4.69, 9.17) is 28.6 Å². The molecule has 1 aliphatic rings. The number of nitrogens with one attached hydrogen (secondary N) is 3. The molecule has 1 aromatic rings. The number of carbonyl (C=O) groups is 1. The van der Waals surface area contributed by atoms with Gasteiger partial charge in [-0.25, -0.2) is 4.79 Å². The van der Waals surface area contributed by atoms with Gasteiger partial charge in [0.25, 0.3) is 0 Å². The van der Waals surface area contributed by atoms with Crippen LogP contribution in [0.5, 0.6) is 0 Å². The van der Waals surface area contributed by atoms with Crippen molar-refractivity contribution in [3.8, 4) is 0 Å². The topological polar surface area (TPSA) is 68.2 Å². The molecule has 1 fully saturated rings. The monoisotopic (exact) mass is 350 g/mol. The van der Waals surface area contributed by atoms with Gasteiger partial charge in [-0.2, -0.15) is 0 Å². The lowest BCUT2D eigenvalue weighted by molar-refractivity contribution is 0.247. The molecule has 1 aromatic carbocycles. The molecule has 2 amide bonds. The molecule has 0 radical (unpaired) electrons. The summed E-state index contributed by atoms with van der Waals surface area (Å²) < 4.78 is 0. The maximum atomic E-state index is 11.4. The minimum absolute atomic E-state index is 0. The molecule has 1 saturated carbocycles. The fraction of sp³-hybridized carbons (Fsp3) is 0.385. The summed E-state index contributed by atoms with van der Waals surface area (Å²) in [5.41, 5.74) is 0.671. The largest absolute Gasteiger partial charge is 0.341 e. The zero-order valence-electron chi connectivity index (χ0n) is 11.5. The van der Waals surface area contributed by atoms with Crippen LogP contribution >= 0.6 is 35.6 Å². The second-order valence-corrected chi connectivity index (χ2v) is 5.55. The Morgan fingerprint density at radius 2 is 2.10 bits per heavy atom. The SMILES string of the molecule is CNC(=O)NC(=N)N(CC1CC1)c1ccc(Cl)cc1Cl.Cl. The van der Waals surface area contributed by atoms with Crippen molar-refractivity contribution in [2.24, 2.45) is 5.92 Å². The molecule has 0 atom stereocenters. The van der Waals surface area contributed by atoms with Crippen molar-refractivity contribution in [1.82, 2.24) is 10.6 Å². The number of rotatable bonds is 3. The van der Waals surface area contributed by atoms with E-state index in [1.807, 2.05) is 0 Å². The zero-order valence-corrected chi connectivity index (χ0v) is 13.8. The minimum Gasteiger partial charge on any atom is -0.341 e. The summed E-state index contributed by atoms with van der Waals surface area (Å²) >= 11 is 12.1. The maximum Gasteiger partial charge on any atom is 0.321 e. The lowest BCUT2D eigenvalue weighted by Gasteiger charge is -2.26. The molecule has 21 heavy (non-hydrogen) atoms. The van der Waals surface area contributed by atoms with Crippen LogP contribution in [0.2, 0.25) is 10.0 Å². The summed E-state index contributed by atoms with van der Waals surface area (Å²) in [7, 11) is 1.50. The van der Waals surface area contributed by atoms with E-state index >= 15 is 0 Å². The normalized spacial score (nSPS) is 13.1. The van der Waals surface area contributed by atoms with Crippen molar-refractivity contribution in [3.63, 3.8) is 0 Å². The van der Waals surface area contributed by atoms with Gasteiger partial charge in [0.05, 0.1) is 10.7 Å². The van der Waals surface area contributed by atoms with Gasteiger partial charge in [0.2, 0.25) is 5.96 Å². The van der Waals surface area contributed by atoms with E-state index in [1.165, 1.54) is 7.05 Å². The number of hydrogen-bond acceptors (Lipinski definition) is 2. The Bertz CT molecular complexity index is 534. The molecule has 5 nitrogen and oxygen atoms in total. The Labute approximate surface area is 139 Å². The summed E-state index contributed by atoms with van der Waals surface area (Å²) in [6.45, 7) is 0.657. The molecule has 0 saturated heterocycles. The number of amides is 2. The second kappa shape index (κ2) is 7.73. The first-order chi connectivity index (χ1) is 9.51. The van der Waals surface area contributed by atoms with Crippen LogP contribution in [0.3, 0.4) is 0 Å². The molecule has 0 unspecified atom stereocenters. The molecule has 0 bridgehead atoms. The average Bonchev–Trinajstić information content (AvgIpc) is 3.20. The third kappa shape index (κ3) is 4.95. The summed E-state index contributed by atoms with van der Waals surface area (Å²) in [5.74, 6) is 0.536. The van der Waals surface area contributed by atoms with E-state index in [1.54, 1.807) is 23.1 Å². The molecular weight excluding hydrogens is 335 g/mol.